The van der Waals surface area contributed by atoms with Gasteiger partial charge in [0.05, 0.1) is 12.7 Å². The molecule has 2 heterocycles. The maximum absolute atomic E-state index is 12.8. The highest BCUT2D eigenvalue weighted by Crippen LogP contribution is 2.39. The molecule has 0 aliphatic carbocycles. The Bertz CT molecular complexity index is 172. The molecule has 0 aromatic carbocycles. The standard InChI is InChI=1S/C7H10F2O2/c1-4-2-10-6-5(4)11-3-7(6,8)9/h4-6H,2-3H2,1H3/t4-,5?,6?/m0/s1. The minimum Gasteiger partial charge on any atom is -0.369 e. The summed E-state index contributed by atoms with van der Waals surface area (Å²) in [5, 5.41) is 0. The summed E-state index contributed by atoms with van der Waals surface area (Å²) in [4.78, 5) is 0. The molecule has 0 bridgehead atoms. The van der Waals surface area contributed by atoms with E-state index in [0.29, 0.717) is 6.61 Å². The molecule has 0 aromatic heterocycles. The number of hydrogen-bond donors (Lipinski definition) is 0. The molecule has 2 saturated heterocycles. The van der Waals surface area contributed by atoms with Gasteiger partial charge in [-0.25, -0.2) is 8.78 Å². The maximum atomic E-state index is 12.8. The topological polar surface area (TPSA) is 18.5 Å². The Balaban J connectivity index is 2.17. The molecule has 0 spiro atoms. The molecule has 2 aliphatic heterocycles. The molecular weight excluding hydrogens is 154 g/mol. The quantitative estimate of drug-likeness (QED) is 0.533. The molecule has 2 unspecified atom stereocenters. The van der Waals surface area contributed by atoms with Crippen molar-refractivity contribution in [3.05, 3.63) is 0 Å². The van der Waals surface area contributed by atoms with Crippen molar-refractivity contribution in [1.29, 1.82) is 0 Å². The predicted octanol–water partition coefficient (Wildman–Crippen LogP) is 1.06. The van der Waals surface area contributed by atoms with Crippen LogP contribution in [0.5, 0.6) is 0 Å². The summed E-state index contributed by atoms with van der Waals surface area (Å²) in [6, 6.07) is 0. The van der Waals surface area contributed by atoms with Crippen LogP contribution in [0.4, 0.5) is 8.78 Å². The zero-order valence-electron chi connectivity index (χ0n) is 6.22. The maximum Gasteiger partial charge on any atom is 0.299 e. The van der Waals surface area contributed by atoms with Crippen LogP contribution < -0.4 is 0 Å². The Morgan fingerprint density at radius 3 is 2.73 bits per heavy atom. The number of rotatable bonds is 0. The molecule has 4 heteroatoms. The average molecular weight is 164 g/mol. The van der Waals surface area contributed by atoms with Gasteiger partial charge >= 0.3 is 0 Å². The molecule has 0 amide bonds. The number of hydrogen-bond acceptors (Lipinski definition) is 2. The Morgan fingerprint density at radius 2 is 2.09 bits per heavy atom. The van der Waals surface area contributed by atoms with E-state index in [1.165, 1.54) is 0 Å². The molecule has 2 fully saturated rings. The van der Waals surface area contributed by atoms with Gasteiger partial charge in [0.15, 0.2) is 0 Å². The van der Waals surface area contributed by atoms with E-state index in [1.807, 2.05) is 6.92 Å². The van der Waals surface area contributed by atoms with Gasteiger partial charge in [0.2, 0.25) is 0 Å². The smallest absolute Gasteiger partial charge is 0.299 e. The van der Waals surface area contributed by atoms with Gasteiger partial charge in [-0.15, -0.1) is 0 Å². The van der Waals surface area contributed by atoms with Crippen molar-refractivity contribution in [1.82, 2.24) is 0 Å². The van der Waals surface area contributed by atoms with Crippen LogP contribution in [0.25, 0.3) is 0 Å². The van der Waals surface area contributed by atoms with E-state index in [2.05, 4.69) is 0 Å². The highest BCUT2D eigenvalue weighted by Gasteiger charge is 2.57. The number of fused-ring (bicyclic) bond motifs is 1. The fraction of sp³-hybridized carbons (Fsp3) is 1.00. The van der Waals surface area contributed by atoms with Crippen molar-refractivity contribution in [2.75, 3.05) is 13.2 Å². The first-order valence-electron chi connectivity index (χ1n) is 3.72. The second-order valence-corrected chi connectivity index (χ2v) is 3.27. The van der Waals surface area contributed by atoms with Gasteiger partial charge in [-0.1, -0.05) is 6.92 Å². The summed E-state index contributed by atoms with van der Waals surface area (Å²) < 4.78 is 35.5. The molecule has 64 valence electrons. The average Bonchev–Trinajstić information content (AvgIpc) is 2.39. The molecule has 11 heavy (non-hydrogen) atoms. The van der Waals surface area contributed by atoms with Gasteiger partial charge in [-0.05, 0) is 0 Å². The monoisotopic (exact) mass is 164 g/mol. The number of ether oxygens (including phenoxy) is 2. The summed E-state index contributed by atoms with van der Waals surface area (Å²) in [5.41, 5.74) is 0. The molecule has 2 nitrogen and oxygen atoms in total. The van der Waals surface area contributed by atoms with Crippen molar-refractivity contribution in [2.45, 2.75) is 25.1 Å². The zero-order valence-corrected chi connectivity index (χ0v) is 6.22. The van der Waals surface area contributed by atoms with Gasteiger partial charge in [0.25, 0.3) is 5.92 Å². The second-order valence-electron chi connectivity index (χ2n) is 3.27. The second kappa shape index (κ2) is 2.14. The largest absolute Gasteiger partial charge is 0.369 e. The van der Waals surface area contributed by atoms with Gasteiger partial charge < -0.3 is 9.47 Å². The molecule has 3 atom stereocenters. The van der Waals surface area contributed by atoms with E-state index < -0.39 is 18.6 Å². The highest BCUT2D eigenvalue weighted by molar-refractivity contribution is 4.97. The van der Waals surface area contributed by atoms with E-state index >= 15 is 0 Å². The lowest BCUT2D eigenvalue weighted by atomic mass is 10.0. The third kappa shape index (κ3) is 0.964. The fourth-order valence-corrected chi connectivity index (χ4v) is 1.65. The van der Waals surface area contributed by atoms with Gasteiger partial charge in [-0.2, -0.15) is 0 Å². The Morgan fingerprint density at radius 1 is 1.36 bits per heavy atom. The van der Waals surface area contributed by atoms with Crippen LogP contribution in [-0.4, -0.2) is 31.3 Å². The van der Waals surface area contributed by atoms with Gasteiger partial charge in [0, 0.05) is 5.92 Å². The van der Waals surface area contributed by atoms with Crippen LogP contribution in [0, 0.1) is 5.92 Å². The van der Waals surface area contributed by atoms with Crippen LogP contribution in [0.1, 0.15) is 6.92 Å². The summed E-state index contributed by atoms with van der Waals surface area (Å²) in [6.45, 7) is 1.78. The highest BCUT2D eigenvalue weighted by atomic mass is 19.3. The first-order valence-corrected chi connectivity index (χ1v) is 3.72. The van der Waals surface area contributed by atoms with Crippen LogP contribution in [0.3, 0.4) is 0 Å². The molecule has 2 aliphatic rings. The lowest BCUT2D eigenvalue weighted by Crippen LogP contribution is -2.34. The molecule has 0 aromatic rings. The number of alkyl halides is 2. The molecule has 0 radical (unpaired) electrons. The van der Waals surface area contributed by atoms with Crippen molar-refractivity contribution in [2.24, 2.45) is 5.92 Å². The Labute approximate surface area is 63.5 Å². The minimum absolute atomic E-state index is 0.105. The fourth-order valence-electron chi connectivity index (χ4n) is 1.65. The summed E-state index contributed by atoms with van der Waals surface area (Å²) in [5.74, 6) is -2.66. The lowest BCUT2D eigenvalue weighted by Gasteiger charge is -2.13. The van der Waals surface area contributed by atoms with E-state index in [-0.39, 0.29) is 12.0 Å². The number of halogens is 2. The summed E-state index contributed by atoms with van der Waals surface area (Å²) in [6.07, 6.45) is -1.37. The molecule has 0 N–H and O–H groups in total. The SMILES string of the molecule is C[C@H]1COC2C1OCC2(F)F. The first kappa shape index (κ1) is 7.43. The van der Waals surface area contributed by atoms with Crippen molar-refractivity contribution < 1.29 is 18.3 Å². The lowest BCUT2D eigenvalue weighted by molar-refractivity contribution is -0.0953. The third-order valence-electron chi connectivity index (χ3n) is 2.28. The van der Waals surface area contributed by atoms with Crippen molar-refractivity contribution in [3.63, 3.8) is 0 Å². The summed E-state index contributed by atoms with van der Waals surface area (Å²) in [7, 11) is 0. The molecule has 0 saturated carbocycles. The molecular formula is C7H10F2O2. The summed E-state index contributed by atoms with van der Waals surface area (Å²) >= 11 is 0. The van der Waals surface area contributed by atoms with Crippen LogP contribution in [0.2, 0.25) is 0 Å². The first-order chi connectivity index (χ1) is 5.11. The van der Waals surface area contributed by atoms with Crippen molar-refractivity contribution >= 4 is 0 Å². The van der Waals surface area contributed by atoms with Crippen LogP contribution in [-0.2, 0) is 9.47 Å². The third-order valence-corrected chi connectivity index (χ3v) is 2.28. The van der Waals surface area contributed by atoms with E-state index in [4.69, 9.17) is 9.47 Å². The predicted molar refractivity (Wildman–Crippen MR) is 33.6 cm³/mol. The van der Waals surface area contributed by atoms with Crippen LogP contribution >= 0.6 is 0 Å². The normalized spacial score (nSPS) is 47.7. The van der Waals surface area contributed by atoms with E-state index in [1.54, 1.807) is 0 Å². The van der Waals surface area contributed by atoms with E-state index in [9.17, 15) is 8.78 Å². The van der Waals surface area contributed by atoms with Crippen LogP contribution in [0.15, 0.2) is 0 Å². The van der Waals surface area contributed by atoms with Gasteiger partial charge in [-0.3, -0.25) is 0 Å². The Kier molecular flexibility index (Phi) is 1.44. The molecule has 2 rings (SSSR count). The van der Waals surface area contributed by atoms with E-state index in [0.717, 1.165) is 0 Å². The van der Waals surface area contributed by atoms with Crippen molar-refractivity contribution in [3.8, 4) is 0 Å². The van der Waals surface area contributed by atoms with Gasteiger partial charge in [0.1, 0.15) is 12.7 Å². The minimum atomic E-state index is -2.77. The Hall–Kier alpha value is -0.220. The zero-order chi connectivity index (χ0) is 8.06.